The number of fused-ring (bicyclic) bond motifs is 1. The van der Waals surface area contributed by atoms with Gasteiger partial charge in [-0.1, -0.05) is 27.5 Å². The summed E-state index contributed by atoms with van der Waals surface area (Å²) in [4.78, 5) is 12.3. The Hall–Kier alpha value is -3.04. The highest BCUT2D eigenvalue weighted by atomic mass is 79.9. The second-order valence-electron chi connectivity index (χ2n) is 6.20. The molecule has 2 aromatic heterocycles. The molecule has 0 saturated carbocycles. The summed E-state index contributed by atoms with van der Waals surface area (Å²) in [6.07, 6.45) is 0. The number of carbonyl (C=O) groups excluding carboxylic acids is 1. The fraction of sp³-hybridized carbons (Fsp3) is 0.100. The number of aromatic nitrogens is 4. The third-order valence-electron chi connectivity index (χ3n) is 4.15. The van der Waals surface area contributed by atoms with Crippen LogP contribution in [0.3, 0.4) is 0 Å². The average Bonchev–Trinajstić information content (AvgIpc) is 3.16. The highest BCUT2D eigenvalue weighted by molar-refractivity contribution is 9.10. The SMILES string of the molecule is O=C(NCCOc1ccc2nnc(-c3ccc(F)cc3)n2n1)c1cc(Br)ccc1Cl. The number of hydrogen-bond donors (Lipinski definition) is 1. The molecule has 0 fully saturated rings. The molecule has 0 spiro atoms. The predicted molar refractivity (Wildman–Crippen MR) is 113 cm³/mol. The zero-order chi connectivity index (χ0) is 21.1. The lowest BCUT2D eigenvalue weighted by molar-refractivity contribution is 0.0946. The van der Waals surface area contributed by atoms with Crippen LogP contribution in [0.1, 0.15) is 10.4 Å². The molecule has 1 amide bonds. The molecule has 2 heterocycles. The number of carbonyl (C=O) groups is 1. The van der Waals surface area contributed by atoms with Crippen LogP contribution >= 0.6 is 27.5 Å². The number of benzene rings is 2. The van der Waals surface area contributed by atoms with E-state index >= 15 is 0 Å². The lowest BCUT2D eigenvalue weighted by Crippen LogP contribution is -2.28. The van der Waals surface area contributed by atoms with Crippen LogP contribution in [0.15, 0.2) is 59.1 Å². The molecule has 7 nitrogen and oxygen atoms in total. The first-order valence-corrected chi connectivity index (χ1v) is 10.0. The van der Waals surface area contributed by atoms with Gasteiger partial charge >= 0.3 is 0 Å². The van der Waals surface area contributed by atoms with Crippen LogP contribution in [0.25, 0.3) is 17.0 Å². The molecule has 10 heteroatoms. The van der Waals surface area contributed by atoms with Gasteiger partial charge in [0.05, 0.1) is 17.1 Å². The van der Waals surface area contributed by atoms with Gasteiger partial charge in [-0.15, -0.1) is 15.3 Å². The number of halogens is 3. The molecule has 1 N–H and O–H groups in total. The summed E-state index contributed by atoms with van der Waals surface area (Å²) in [7, 11) is 0. The largest absolute Gasteiger partial charge is 0.475 e. The van der Waals surface area contributed by atoms with Crippen molar-refractivity contribution in [3.63, 3.8) is 0 Å². The van der Waals surface area contributed by atoms with Crippen LogP contribution < -0.4 is 10.1 Å². The molecule has 2 aromatic carbocycles. The zero-order valence-corrected chi connectivity index (χ0v) is 17.7. The van der Waals surface area contributed by atoms with Crippen molar-refractivity contribution < 1.29 is 13.9 Å². The van der Waals surface area contributed by atoms with Crippen molar-refractivity contribution in [2.24, 2.45) is 0 Å². The summed E-state index contributed by atoms with van der Waals surface area (Å²) in [6, 6.07) is 14.3. The molecule has 30 heavy (non-hydrogen) atoms. The van der Waals surface area contributed by atoms with E-state index in [2.05, 4.69) is 36.5 Å². The first kappa shape index (κ1) is 20.2. The van der Waals surface area contributed by atoms with Crippen molar-refractivity contribution in [2.75, 3.05) is 13.2 Å². The third kappa shape index (κ3) is 4.42. The van der Waals surface area contributed by atoms with Gasteiger partial charge in [-0.3, -0.25) is 4.79 Å². The molecular formula is C20H14BrClFN5O2. The van der Waals surface area contributed by atoms with Crippen molar-refractivity contribution in [3.05, 3.63) is 75.5 Å². The second-order valence-corrected chi connectivity index (χ2v) is 7.52. The summed E-state index contributed by atoms with van der Waals surface area (Å²) >= 11 is 9.38. The number of rotatable bonds is 6. The Morgan fingerprint density at radius 2 is 1.93 bits per heavy atom. The van der Waals surface area contributed by atoms with E-state index in [-0.39, 0.29) is 24.9 Å². The smallest absolute Gasteiger partial charge is 0.252 e. The van der Waals surface area contributed by atoms with Gasteiger partial charge in [0.2, 0.25) is 5.88 Å². The van der Waals surface area contributed by atoms with E-state index in [1.165, 1.54) is 16.6 Å². The standard InChI is InChI=1S/C20H14BrClFN5O2/c21-13-3-6-16(22)15(11-13)20(29)24-9-10-30-18-8-7-17-25-26-19(28(17)27-18)12-1-4-14(23)5-2-12/h1-8,11H,9-10H2,(H,24,29). The van der Waals surface area contributed by atoms with Gasteiger partial charge in [-0.25, -0.2) is 4.39 Å². The molecule has 4 rings (SSSR count). The monoisotopic (exact) mass is 489 g/mol. The van der Waals surface area contributed by atoms with E-state index in [9.17, 15) is 9.18 Å². The van der Waals surface area contributed by atoms with Crippen molar-refractivity contribution in [3.8, 4) is 17.3 Å². The molecule has 0 aliphatic rings. The Morgan fingerprint density at radius 1 is 1.13 bits per heavy atom. The molecule has 0 bridgehead atoms. The molecule has 0 unspecified atom stereocenters. The van der Waals surface area contributed by atoms with Gasteiger partial charge in [0.15, 0.2) is 11.5 Å². The van der Waals surface area contributed by atoms with E-state index in [1.807, 2.05) is 0 Å². The van der Waals surface area contributed by atoms with Crippen molar-refractivity contribution in [1.82, 2.24) is 25.1 Å². The maximum Gasteiger partial charge on any atom is 0.252 e. The number of hydrogen-bond acceptors (Lipinski definition) is 5. The fourth-order valence-electron chi connectivity index (χ4n) is 2.71. The van der Waals surface area contributed by atoms with Gasteiger partial charge in [0.1, 0.15) is 12.4 Å². The summed E-state index contributed by atoms with van der Waals surface area (Å²) < 4.78 is 21.1. The maximum absolute atomic E-state index is 13.2. The van der Waals surface area contributed by atoms with Crippen LogP contribution in [0.2, 0.25) is 5.02 Å². The van der Waals surface area contributed by atoms with Crippen molar-refractivity contribution in [1.29, 1.82) is 0 Å². The highest BCUT2D eigenvalue weighted by Gasteiger charge is 2.12. The lowest BCUT2D eigenvalue weighted by atomic mass is 10.2. The van der Waals surface area contributed by atoms with Crippen LogP contribution in [0, 0.1) is 5.82 Å². The maximum atomic E-state index is 13.2. The summed E-state index contributed by atoms with van der Waals surface area (Å²) in [5.41, 5.74) is 1.57. The number of ether oxygens (including phenoxy) is 1. The third-order valence-corrected chi connectivity index (χ3v) is 4.97. The van der Waals surface area contributed by atoms with Crippen LogP contribution in [0.5, 0.6) is 5.88 Å². The molecule has 0 aliphatic heterocycles. The molecule has 0 atom stereocenters. The molecule has 0 saturated heterocycles. The highest BCUT2D eigenvalue weighted by Crippen LogP contribution is 2.21. The van der Waals surface area contributed by atoms with Gasteiger partial charge in [0, 0.05) is 16.1 Å². The summed E-state index contributed by atoms with van der Waals surface area (Å²) in [5.74, 6) is 0.162. The summed E-state index contributed by atoms with van der Waals surface area (Å²) in [6.45, 7) is 0.457. The summed E-state index contributed by atoms with van der Waals surface area (Å²) in [5, 5.41) is 15.6. The number of nitrogens with zero attached hydrogens (tertiary/aromatic N) is 4. The normalized spacial score (nSPS) is 10.9. The minimum atomic E-state index is -0.337. The minimum absolute atomic E-state index is 0.198. The first-order chi connectivity index (χ1) is 14.5. The molecular weight excluding hydrogens is 477 g/mol. The van der Waals surface area contributed by atoms with Crippen molar-refractivity contribution in [2.45, 2.75) is 0 Å². The van der Waals surface area contributed by atoms with E-state index in [1.54, 1.807) is 42.5 Å². The number of nitrogens with one attached hydrogen (secondary N) is 1. The van der Waals surface area contributed by atoms with Crippen LogP contribution in [-0.4, -0.2) is 38.9 Å². The van der Waals surface area contributed by atoms with Gasteiger partial charge in [-0.05, 0) is 48.5 Å². The van der Waals surface area contributed by atoms with E-state index in [0.29, 0.717) is 33.5 Å². The van der Waals surface area contributed by atoms with Gasteiger partial charge < -0.3 is 10.1 Å². The zero-order valence-electron chi connectivity index (χ0n) is 15.3. The van der Waals surface area contributed by atoms with Crippen molar-refractivity contribution >= 4 is 39.1 Å². The molecule has 152 valence electrons. The first-order valence-electron chi connectivity index (χ1n) is 8.86. The van der Waals surface area contributed by atoms with Gasteiger partial charge in [0.25, 0.3) is 5.91 Å². The predicted octanol–water partition coefficient (Wildman–Crippen LogP) is 4.16. The average molecular weight is 491 g/mol. The molecule has 0 radical (unpaired) electrons. The Labute approximate surface area is 184 Å². The van der Waals surface area contributed by atoms with E-state index < -0.39 is 0 Å². The molecule has 4 aromatic rings. The van der Waals surface area contributed by atoms with Gasteiger partial charge in [-0.2, -0.15) is 4.52 Å². The fourth-order valence-corrected chi connectivity index (χ4v) is 3.28. The second kappa shape index (κ2) is 8.76. The number of amides is 1. The topological polar surface area (TPSA) is 81.4 Å². The Bertz CT molecular complexity index is 1220. The van der Waals surface area contributed by atoms with E-state index in [0.717, 1.165) is 4.47 Å². The van der Waals surface area contributed by atoms with Crippen LogP contribution in [-0.2, 0) is 0 Å². The quantitative estimate of drug-likeness (QED) is 0.411. The lowest BCUT2D eigenvalue weighted by Gasteiger charge is -2.09. The molecule has 0 aliphatic carbocycles. The van der Waals surface area contributed by atoms with Crippen LogP contribution in [0.4, 0.5) is 4.39 Å². The Kier molecular flexibility index (Phi) is 5.91. The minimum Gasteiger partial charge on any atom is -0.475 e. The Morgan fingerprint density at radius 3 is 2.73 bits per heavy atom. The Balaban J connectivity index is 1.41. The van der Waals surface area contributed by atoms with E-state index in [4.69, 9.17) is 16.3 Å².